The Labute approximate surface area is 152 Å². The first kappa shape index (κ1) is 19.6. The predicted molar refractivity (Wildman–Crippen MR) is 97.9 cm³/mol. The Hall–Kier alpha value is -2.74. The number of carbonyl (C=O) groups is 1. The maximum atomic E-state index is 12.6. The van der Waals surface area contributed by atoms with Crippen LogP contribution in [0.5, 0.6) is 0 Å². The Morgan fingerprint density at radius 3 is 2.31 bits per heavy atom. The van der Waals surface area contributed by atoms with Gasteiger partial charge in [0.2, 0.25) is 0 Å². The van der Waals surface area contributed by atoms with Gasteiger partial charge in [0.15, 0.2) is 9.84 Å². The maximum Gasteiger partial charge on any atom is 0.273 e. The van der Waals surface area contributed by atoms with Gasteiger partial charge in [-0.3, -0.25) is 14.9 Å². The van der Waals surface area contributed by atoms with Crippen LogP contribution in [0.25, 0.3) is 0 Å². The second-order valence-corrected chi connectivity index (χ2v) is 8.00. The molecular weight excluding hydrogens is 356 g/mol. The zero-order valence-corrected chi connectivity index (χ0v) is 15.5. The average molecular weight is 376 g/mol. The van der Waals surface area contributed by atoms with E-state index in [1.54, 1.807) is 12.1 Å². The number of nitro benzene ring substituents is 1. The van der Waals surface area contributed by atoms with E-state index in [9.17, 15) is 23.3 Å². The minimum atomic E-state index is -3.29. The van der Waals surface area contributed by atoms with Gasteiger partial charge >= 0.3 is 0 Å². The first-order chi connectivity index (χ1) is 12.1. The summed E-state index contributed by atoms with van der Waals surface area (Å²) in [6.45, 7) is 3.42. The van der Waals surface area contributed by atoms with Gasteiger partial charge in [-0.05, 0) is 37.1 Å². The van der Waals surface area contributed by atoms with E-state index in [4.69, 9.17) is 0 Å². The Balaban J connectivity index is 2.27. The molecule has 0 bridgehead atoms. The fourth-order valence-corrected chi connectivity index (χ4v) is 3.30. The van der Waals surface area contributed by atoms with Crippen molar-refractivity contribution in [1.29, 1.82) is 0 Å². The molecule has 0 spiro atoms. The third-order valence-corrected chi connectivity index (χ3v) is 5.30. The zero-order chi connectivity index (χ0) is 19.5. The summed E-state index contributed by atoms with van der Waals surface area (Å²) in [4.78, 5) is 23.3. The number of nitro groups is 1. The van der Waals surface area contributed by atoms with Gasteiger partial charge in [0, 0.05) is 23.4 Å². The molecule has 0 fully saturated rings. The van der Waals surface area contributed by atoms with Crippen molar-refractivity contribution in [3.8, 4) is 0 Å². The Bertz CT molecular complexity index is 937. The van der Waals surface area contributed by atoms with Crippen LogP contribution in [0.15, 0.2) is 47.4 Å². The van der Waals surface area contributed by atoms with E-state index in [2.05, 4.69) is 5.32 Å². The first-order valence-electron chi connectivity index (χ1n) is 8.00. The summed E-state index contributed by atoms with van der Waals surface area (Å²) in [5, 5.41) is 13.9. The lowest BCUT2D eigenvalue weighted by molar-refractivity contribution is -0.385. The lowest BCUT2D eigenvalue weighted by Gasteiger charge is -2.18. The van der Waals surface area contributed by atoms with E-state index in [0.29, 0.717) is 12.0 Å². The molecule has 138 valence electrons. The highest BCUT2D eigenvalue weighted by atomic mass is 32.2. The SMILES string of the molecule is CC[C@H](NC(=O)c1cccc([N+](=O)[O-])c1C)c1ccc(S(C)(=O)=O)cc1. The molecule has 0 aliphatic carbocycles. The van der Waals surface area contributed by atoms with Gasteiger partial charge in [0.1, 0.15) is 0 Å². The van der Waals surface area contributed by atoms with E-state index in [1.165, 1.54) is 37.3 Å². The van der Waals surface area contributed by atoms with Gasteiger partial charge in [-0.2, -0.15) is 0 Å². The smallest absolute Gasteiger partial charge is 0.273 e. The number of nitrogens with zero attached hydrogens (tertiary/aromatic N) is 1. The molecule has 2 aromatic carbocycles. The third-order valence-electron chi connectivity index (χ3n) is 4.17. The van der Waals surface area contributed by atoms with Crippen molar-refractivity contribution >= 4 is 21.4 Å². The quantitative estimate of drug-likeness (QED) is 0.615. The molecule has 0 saturated heterocycles. The predicted octanol–water partition coefficient (Wildman–Crippen LogP) is 3.19. The number of carbonyl (C=O) groups excluding carboxylic acids is 1. The van der Waals surface area contributed by atoms with Crippen LogP contribution < -0.4 is 5.32 Å². The van der Waals surface area contributed by atoms with E-state index >= 15 is 0 Å². The van der Waals surface area contributed by atoms with Crippen LogP contribution in [0.4, 0.5) is 5.69 Å². The molecule has 2 rings (SSSR count). The summed E-state index contributed by atoms with van der Waals surface area (Å²) in [5.74, 6) is -0.412. The Morgan fingerprint density at radius 2 is 1.81 bits per heavy atom. The summed E-state index contributed by atoms with van der Waals surface area (Å²) in [7, 11) is -3.29. The number of nitrogens with one attached hydrogen (secondary N) is 1. The molecule has 1 N–H and O–H groups in total. The molecule has 7 nitrogen and oxygen atoms in total. The molecule has 0 radical (unpaired) electrons. The Kier molecular flexibility index (Phi) is 5.76. The number of rotatable bonds is 6. The first-order valence-corrected chi connectivity index (χ1v) is 9.89. The van der Waals surface area contributed by atoms with Crippen LogP contribution in [0, 0.1) is 17.0 Å². The molecule has 0 heterocycles. The number of amides is 1. The molecule has 0 unspecified atom stereocenters. The van der Waals surface area contributed by atoms with Crippen LogP contribution >= 0.6 is 0 Å². The van der Waals surface area contributed by atoms with Crippen LogP contribution in [0.3, 0.4) is 0 Å². The molecule has 0 aliphatic rings. The van der Waals surface area contributed by atoms with E-state index in [0.717, 1.165) is 11.8 Å². The summed E-state index contributed by atoms with van der Waals surface area (Å²) in [6.07, 6.45) is 1.71. The molecule has 0 aromatic heterocycles. The summed E-state index contributed by atoms with van der Waals surface area (Å²) in [5.41, 5.74) is 1.20. The van der Waals surface area contributed by atoms with Crippen LogP contribution in [-0.2, 0) is 9.84 Å². The second kappa shape index (κ2) is 7.65. The van der Waals surface area contributed by atoms with Gasteiger partial charge in [-0.15, -0.1) is 0 Å². The van der Waals surface area contributed by atoms with Gasteiger partial charge in [-0.1, -0.05) is 25.1 Å². The summed E-state index contributed by atoms with van der Waals surface area (Å²) < 4.78 is 23.1. The number of hydrogen-bond acceptors (Lipinski definition) is 5. The molecule has 8 heteroatoms. The number of hydrogen-bond donors (Lipinski definition) is 1. The lowest BCUT2D eigenvalue weighted by Crippen LogP contribution is -2.28. The zero-order valence-electron chi connectivity index (χ0n) is 14.7. The average Bonchev–Trinajstić information content (AvgIpc) is 2.58. The van der Waals surface area contributed by atoms with Gasteiger partial charge in [0.05, 0.1) is 15.9 Å². The molecule has 2 aromatic rings. The van der Waals surface area contributed by atoms with Crippen LogP contribution in [-0.4, -0.2) is 25.5 Å². The number of benzene rings is 2. The van der Waals surface area contributed by atoms with Crippen LogP contribution in [0.1, 0.15) is 40.9 Å². The van der Waals surface area contributed by atoms with Crippen molar-refractivity contribution in [3.05, 3.63) is 69.3 Å². The minimum Gasteiger partial charge on any atom is -0.345 e. The summed E-state index contributed by atoms with van der Waals surface area (Å²) in [6, 6.07) is 10.3. The van der Waals surface area contributed by atoms with Crippen molar-refractivity contribution in [2.75, 3.05) is 6.26 Å². The van der Waals surface area contributed by atoms with Gasteiger partial charge in [0.25, 0.3) is 11.6 Å². The van der Waals surface area contributed by atoms with Crippen LogP contribution in [0.2, 0.25) is 0 Å². The molecule has 1 amide bonds. The maximum absolute atomic E-state index is 12.6. The van der Waals surface area contributed by atoms with E-state index < -0.39 is 20.7 Å². The second-order valence-electron chi connectivity index (χ2n) is 5.98. The summed E-state index contributed by atoms with van der Waals surface area (Å²) >= 11 is 0. The molecule has 0 aliphatic heterocycles. The topological polar surface area (TPSA) is 106 Å². The third kappa shape index (κ3) is 4.26. The fraction of sp³-hybridized carbons (Fsp3) is 0.278. The van der Waals surface area contributed by atoms with Gasteiger partial charge < -0.3 is 5.32 Å². The minimum absolute atomic E-state index is 0.108. The molecule has 0 saturated carbocycles. The fourth-order valence-electron chi connectivity index (χ4n) is 2.67. The highest BCUT2D eigenvalue weighted by Gasteiger charge is 2.20. The van der Waals surface area contributed by atoms with Crippen molar-refractivity contribution in [1.82, 2.24) is 5.32 Å². The largest absolute Gasteiger partial charge is 0.345 e. The Morgan fingerprint density at radius 1 is 1.19 bits per heavy atom. The standard InChI is InChI=1S/C18H20N2O5S/c1-4-16(13-8-10-14(11-9-13)26(3,24)25)19-18(21)15-6-5-7-17(12(15)2)20(22)23/h5-11,16H,4H2,1-3H3,(H,19,21)/t16-/m0/s1. The van der Waals surface area contributed by atoms with E-state index in [1.807, 2.05) is 6.92 Å². The highest BCUT2D eigenvalue weighted by molar-refractivity contribution is 7.90. The molecule has 26 heavy (non-hydrogen) atoms. The van der Waals surface area contributed by atoms with Crippen molar-refractivity contribution < 1.29 is 18.1 Å². The number of sulfone groups is 1. The highest BCUT2D eigenvalue weighted by Crippen LogP contribution is 2.23. The molecular formula is C18H20N2O5S. The van der Waals surface area contributed by atoms with Crippen molar-refractivity contribution in [2.24, 2.45) is 0 Å². The van der Waals surface area contributed by atoms with Crippen molar-refractivity contribution in [2.45, 2.75) is 31.2 Å². The normalized spacial score (nSPS) is 12.4. The van der Waals surface area contributed by atoms with E-state index in [-0.39, 0.29) is 22.2 Å². The van der Waals surface area contributed by atoms with Crippen molar-refractivity contribution in [3.63, 3.8) is 0 Å². The van der Waals surface area contributed by atoms with Gasteiger partial charge in [-0.25, -0.2) is 8.42 Å². The molecule has 1 atom stereocenters. The lowest BCUT2D eigenvalue weighted by atomic mass is 10.0. The monoisotopic (exact) mass is 376 g/mol.